The molecule has 0 unspecified atom stereocenters. The third-order valence-corrected chi connectivity index (χ3v) is 3.65. The summed E-state index contributed by atoms with van der Waals surface area (Å²) in [4.78, 5) is 0. The average molecular weight is 289 g/mol. The number of hydrogen-bond donors (Lipinski definition) is 0. The SMILES string of the molecule is CCOc1cc(CCl)ccc1OCCCSCC. The van der Waals surface area contributed by atoms with Crippen LogP contribution in [-0.2, 0) is 5.88 Å². The summed E-state index contributed by atoms with van der Waals surface area (Å²) >= 11 is 7.75. The number of rotatable bonds is 9. The maximum Gasteiger partial charge on any atom is 0.161 e. The Morgan fingerprint density at radius 1 is 1.17 bits per heavy atom. The van der Waals surface area contributed by atoms with Crippen molar-refractivity contribution in [3.05, 3.63) is 23.8 Å². The standard InChI is InChI=1S/C14H21ClO2S/c1-3-16-14-10-12(11-15)6-7-13(14)17-8-5-9-18-4-2/h6-7,10H,3-5,8-9,11H2,1-2H3. The fourth-order valence-electron chi connectivity index (χ4n) is 1.51. The molecule has 0 aliphatic heterocycles. The van der Waals surface area contributed by atoms with Crippen molar-refractivity contribution in [3.8, 4) is 11.5 Å². The maximum absolute atomic E-state index is 5.81. The fraction of sp³-hybridized carbons (Fsp3) is 0.571. The van der Waals surface area contributed by atoms with Crippen LogP contribution in [0, 0.1) is 0 Å². The minimum atomic E-state index is 0.494. The van der Waals surface area contributed by atoms with E-state index in [0.717, 1.165) is 41.6 Å². The highest BCUT2D eigenvalue weighted by Crippen LogP contribution is 2.29. The second kappa shape index (κ2) is 9.40. The molecule has 0 atom stereocenters. The molecule has 0 radical (unpaired) electrons. The highest BCUT2D eigenvalue weighted by molar-refractivity contribution is 7.99. The van der Waals surface area contributed by atoms with Crippen LogP contribution in [0.4, 0.5) is 0 Å². The van der Waals surface area contributed by atoms with E-state index in [1.54, 1.807) is 0 Å². The highest BCUT2D eigenvalue weighted by atomic mass is 35.5. The Balaban J connectivity index is 2.52. The topological polar surface area (TPSA) is 18.5 Å². The molecule has 0 saturated carbocycles. The van der Waals surface area contributed by atoms with E-state index < -0.39 is 0 Å². The highest BCUT2D eigenvalue weighted by Gasteiger charge is 2.06. The maximum atomic E-state index is 5.81. The summed E-state index contributed by atoms with van der Waals surface area (Å²) in [5.74, 6) is 4.40. The van der Waals surface area contributed by atoms with E-state index in [-0.39, 0.29) is 0 Å². The molecule has 1 rings (SSSR count). The van der Waals surface area contributed by atoms with Crippen LogP contribution >= 0.6 is 23.4 Å². The van der Waals surface area contributed by atoms with Crippen molar-refractivity contribution in [1.29, 1.82) is 0 Å². The van der Waals surface area contributed by atoms with Gasteiger partial charge in [-0.1, -0.05) is 13.0 Å². The third-order valence-electron chi connectivity index (χ3n) is 2.36. The number of ether oxygens (including phenoxy) is 2. The average Bonchev–Trinajstić information content (AvgIpc) is 2.40. The van der Waals surface area contributed by atoms with Gasteiger partial charge in [-0.05, 0) is 42.5 Å². The number of hydrogen-bond acceptors (Lipinski definition) is 3. The Labute approximate surface area is 119 Å². The normalized spacial score (nSPS) is 10.4. The van der Waals surface area contributed by atoms with Gasteiger partial charge in [0.2, 0.25) is 0 Å². The first-order valence-corrected chi connectivity index (χ1v) is 8.03. The van der Waals surface area contributed by atoms with Gasteiger partial charge in [0, 0.05) is 5.88 Å². The lowest BCUT2D eigenvalue weighted by molar-refractivity contribution is 0.277. The number of thioether (sulfide) groups is 1. The second-order valence-corrected chi connectivity index (χ2v) is 5.41. The summed E-state index contributed by atoms with van der Waals surface area (Å²) in [6, 6.07) is 5.87. The zero-order valence-electron chi connectivity index (χ0n) is 11.1. The van der Waals surface area contributed by atoms with Gasteiger partial charge in [-0.2, -0.15) is 11.8 Å². The number of halogens is 1. The number of benzene rings is 1. The van der Waals surface area contributed by atoms with Gasteiger partial charge in [-0.25, -0.2) is 0 Å². The van der Waals surface area contributed by atoms with Crippen LogP contribution in [-0.4, -0.2) is 24.7 Å². The monoisotopic (exact) mass is 288 g/mol. The summed E-state index contributed by atoms with van der Waals surface area (Å²) in [5.41, 5.74) is 1.05. The lowest BCUT2D eigenvalue weighted by Gasteiger charge is -2.12. The molecule has 1 aromatic rings. The van der Waals surface area contributed by atoms with Crippen LogP contribution in [0.5, 0.6) is 11.5 Å². The minimum absolute atomic E-state index is 0.494. The van der Waals surface area contributed by atoms with E-state index >= 15 is 0 Å². The lowest BCUT2D eigenvalue weighted by atomic mass is 10.2. The van der Waals surface area contributed by atoms with Crippen LogP contribution in [0.25, 0.3) is 0 Å². The van der Waals surface area contributed by atoms with E-state index in [1.807, 2.05) is 36.9 Å². The molecule has 0 saturated heterocycles. The molecule has 18 heavy (non-hydrogen) atoms. The molecular formula is C14H21ClO2S. The van der Waals surface area contributed by atoms with E-state index in [2.05, 4.69) is 6.92 Å². The molecule has 0 heterocycles. The number of alkyl halides is 1. The van der Waals surface area contributed by atoms with E-state index in [1.165, 1.54) is 0 Å². The summed E-state index contributed by atoms with van der Waals surface area (Å²) in [7, 11) is 0. The van der Waals surface area contributed by atoms with E-state index in [9.17, 15) is 0 Å². The van der Waals surface area contributed by atoms with Crippen LogP contribution in [0.2, 0.25) is 0 Å². The molecule has 0 aliphatic rings. The Bertz CT molecular complexity index is 345. The van der Waals surface area contributed by atoms with Crippen molar-refractivity contribution in [1.82, 2.24) is 0 Å². The van der Waals surface area contributed by atoms with Crippen LogP contribution < -0.4 is 9.47 Å². The molecule has 0 N–H and O–H groups in total. The van der Waals surface area contributed by atoms with Gasteiger partial charge in [0.15, 0.2) is 11.5 Å². The van der Waals surface area contributed by atoms with E-state index in [0.29, 0.717) is 12.5 Å². The Morgan fingerprint density at radius 3 is 2.67 bits per heavy atom. The van der Waals surface area contributed by atoms with E-state index in [4.69, 9.17) is 21.1 Å². The summed E-state index contributed by atoms with van der Waals surface area (Å²) in [5, 5.41) is 0. The molecule has 0 spiro atoms. The molecule has 102 valence electrons. The molecule has 1 aromatic carbocycles. The lowest BCUT2D eigenvalue weighted by Crippen LogP contribution is -2.02. The molecule has 0 amide bonds. The van der Waals surface area contributed by atoms with Gasteiger partial charge in [-0.15, -0.1) is 11.6 Å². The molecule has 4 heteroatoms. The molecule has 2 nitrogen and oxygen atoms in total. The first-order chi connectivity index (χ1) is 8.81. The van der Waals surface area contributed by atoms with Gasteiger partial charge in [0.05, 0.1) is 13.2 Å². The zero-order valence-corrected chi connectivity index (χ0v) is 12.6. The summed E-state index contributed by atoms with van der Waals surface area (Å²) in [6.45, 7) is 5.50. The third kappa shape index (κ3) is 5.40. The molecule has 0 aliphatic carbocycles. The molecule has 0 fully saturated rings. The van der Waals surface area contributed by atoms with Crippen molar-refractivity contribution in [2.75, 3.05) is 24.7 Å². The van der Waals surface area contributed by atoms with Gasteiger partial charge in [0.25, 0.3) is 0 Å². The van der Waals surface area contributed by atoms with Crippen molar-refractivity contribution < 1.29 is 9.47 Å². The predicted molar refractivity (Wildman–Crippen MR) is 80.3 cm³/mol. The van der Waals surface area contributed by atoms with Crippen molar-refractivity contribution in [3.63, 3.8) is 0 Å². The second-order valence-electron chi connectivity index (χ2n) is 3.75. The molecule has 0 bridgehead atoms. The Kier molecular flexibility index (Phi) is 8.10. The molecule has 0 aromatic heterocycles. The minimum Gasteiger partial charge on any atom is -0.490 e. The Hall–Kier alpha value is -0.540. The van der Waals surface area contributed by atoms with Gasteiger partial charge >= 0.3 is 0 Å². The quantitative estimate of drug-likeness (QED) is 0.497. The summed E-state index contributed by atoms with van der Waals surface area (Å²) in [6.07, 6.45) is 1.06. The first-order valence-electron chi connectivity index (χ1n) is 6.34. The van der Waals surface area contributed by atoms with Crippen molar-refractivity contribution >= 4 is 23.4 Å². The zero-order chi connectivity index (χ0) is 13.2. The van der Waals surface area contributed by atoms with Gasteiger partial charge in [-0.3, -0.25) is 0 Å². The fourth-order valence-corrected chi connectivity index (χ4v) is 2.29. The largest absolute Gasteiger partial charge is 0.490 e. The molecular weight excluding hydrogens is 268 g/mol. The summed E-state index contributed by atoms with van der Waals surface area (Å²) < 4.78 is 11.3. The first kappa shape index (κ1) is 15.5. The van der Waals surface area contributed by atoms with Crippen LogP contribution in [0.1, 0.15) is 25.8 Å². The Morgan fingerprint density at radius 2 is 2.00 bits per heavy atom. The van der Waals surface area contributed by atoms with Crippen molar-refractivity contribution in [2.24, 2.45) is 0 Å². The van der Waals surface area contributed by atoms with Gasteiger partial charge in [0.1, 0.15) is 0 Å². The smallest absolute Gasteiger partial charge is 0.161 e. The predicted octanol–water partition coefficient (Wildman–Crippen LogP) is 4.35. The van der Waals surface area contributed by atoms with Crippen LogP contribution in [0.15, 0.2) is 18.2 Å². The van der Waals surface area contributed by atoms with Gasteiger partial charge < -0.3 is 9.47 Å². The van der Waals surface area contributed by atoms with Crippen LogP contribution in [0.3, 0.4) is 0 Å². The van der Waals surface area contributed by atoms with Crippen molar-refractivity contribution in [2.45, 2.75) is 26.1 Å².